The van der Waals surface area contributed by atoms with Gasteiger partial charge in [-0.05, 0) is 37.1 Å². The molecule has 4 rings (SSSR count). The summed E-state index contributed by atoms with van der Waals surface area (Å²) >= 11 is 7.58. The van der Waals surface area contributed by atoms with E-state index in [2.05, 4.69) is 5.18 Å². The molecule has 1 aromatic heterocycles. The highest BCUT2D eigenvalue weighted by atomic mass is 35.5. The monoisotopic (exact) mass is 483 g/mol. The van der Waals surface area contributed by atoms with Crippen molar-refractivity contribution in [1.82, 2.24) is 9.80 Å². The standard InChI is InChI=1S/C24H22ClN3O4S/c1-24(10-12-28(24)22(30)19-15-33-20-8-3-2-7-18(19)20)23(31)27(11-9-21(29)26-32)14-16-5-4-6-17(25)13-16/h2-8,13,15H,9-12,14H2,1H3. The van der Waals surface area contributed by atoms with E-state index in [4.69, 9.17) is 11.6 Å². The van der Waals surface area contributed by atoms with Gasteiger partial charge in [0.05, 0.1) is 5.56 Å². The Morgan fingerprint density at radius 2 is 1.97 bits per heavy atom. The van der Waals surface area contributed by atoms with Crippen molar-refractivity contribution in [3.8, 4) is 0 Å². The molecule has 1 aliphatic heterocycles. The third-order valence-corrected chi connectivity index (χ3v) is 7.28. The summed E-state index contributed by atoms with van der Waals surface area (Å²) in [6, 6.07) is 14.8. The molecular weight excluding hydrogens is 462 g/mol. The van der Waals surface area contributed by atoms with Crippen LogP contribution in [-0.4, -0.2) is 46.1 Å². The smallest absolute Gasteiger partial charge is 0.288 e. The van der Waals surface area contributed by atoms with Gasteiger partial charge in [-0.1, -0.05) is 41.9 Å². The zero-order valence-electron chi connectivity index (χ0n) is 18.0. The van der Waals surface area contributed by atoms with Crippen LogP contribution < -0.4 is 0 Å². The summed E-state index contributed by atoms with van der Waals surface area (Å²) in [5.74, 6) is -1.29. The van der Waals surface area contributed by atoms with Crippen LogP contribution in [0.25, 0.3) is 10.1 Å². The maximum atomic E-state index is 13.7. The molecule has 1 fully saturated rings. The quantitative estimate of drug-likeness (QED) is 0.448. The van der Waals surface area contributed by atoms with Gasteiger partial charge in [-0.25, -0.2) is 0 Å². The fourth-order valence-corrected chi connectivity index (χ4v) is 5.27. The predicted molar refractivity (Wildman–Crippen MR) is 128 cm³/mol. The summed E-state index contributed by atoms with van der Waals surface area (Å²) in [6.45, 7) is 2.43. The number of nitrogens with zero attached hydrogens (tertiary/aromatic N) is 3. The molecule has 0 radical (unpaired) electrons. The molecule has 2 aromatic carbocycles. The highest BCUT2D eigenvalue weighted by Crippen LogP contribution is 2.36. The van der Waals surface area contributed by atoms with E-state index in [1.807, 2.05) is 35.7 Å². The van der Waals surface area contributed by atoms with Crippen molar-refractivity contribution in [2.45, 2.75) is 31.8 Å². The van der Waals surface area contributed by atoms with Crippen molar-refractivity contribution in [2.24, 2.45) is 5.18 Å². The van der Waals surface area contributed by atoms with Crippen LogP contribution in [0.1, 0.15) is 35.7 Å². The second-order valence-corrected chi connectivity index (χ2v) is 9.57. The second-order valence-electron chi connectivity index (χ2n) is 8.22. The van der Waals surface area contributed by atoms with E-state index in [1.54, 1.807) is 30.0 Å². The summed E-state index contributed by atoms with van der Waals surface area (Å²) < 4.78 is 1.01. The number of hydrogen-bond donors (Lipinski definition) is 0. The van der Waals surface area contributed by atoms with E-state index in [9.17, 15) is 19.3 Å². The third kappa shape index (κ3) is 4.54. The number of thiophene rings is 1. The van der Waals surface area contributed by atoms with Gasteiger partial charge in [0.15, 0.2) is 0 Å². The zero-order valence-corrected chi connectivity index (χ0v) is 19.6. The van der Waals surface area contributed by atoms with Crippen LogP contribution >= 0.6 is 22.9 Å². The van der Waals surface area contributed by atoms with Gasteiger partial charge in [0.25, 0.3) is 11.8 Å². The molecule has 7 nitrogen and oxygen atoms in total. The van der Waals surface area contributed by atoms with E-state index in [0.29, 0.717) is 23.6 Å². The number of fused-ring (bicyclic) bond motifs is 1. The molecule has 1 saturated heterocycles. The van der Waals surface area contributed by atoms with Gasteiger partial charge >= 0.3 is 0 Å². The van der Waals surface area contributed by atoms with Crippen molar-refractivity contribution >= 4 is 50.7 Å². The lowest BCUT2D eigenvalue weighted by Crippen LogP contribution is -2.67. The number of rotatable bonds is 7. The molecule has 3 amide bonds. The van der Waals surface area contributed by atoms with Gasteiger partial charge in [-0.2, -0.15) is 0 Å². The lowest BCUT2D eigenvalue weighted by Gasteiger charge is -2.50. The Labute approximate surface area is 199 Å². The van der Waals surface area contributed by atoms with E-state index >= 15 is 0 Å². The highest BCUT2D eigenvalue weighted by Gasteiger charge is 2.51. The SMILES string of the molecule is CC1(C(=O)N(CCC(=O)N=O)Cc2cccc(Cl)c2)CCN1C(=O)c1csc2ccccc12. The molecule has 3 aromatic rings. The van der Waals surface area contributed by atoms with Crippen LogP contribution in [0.5, 0.6) is 0 Å². The Morgan fingerprint density at radius 1 is 1.18 bits per heavy atom. The average Bonchev–Trinajstić information content (AvgIpc) is 3.24. The number of amides is 3. The zero-order chi connectivity index (χ0) is 23.6. The first-order valence-corrected chi connectivity index (χ1v) is 11.8. The molecule has 170 valence electrons. The maximum Gasteiger partial charge on any atom is 0.288 e. The lowest BCUT2D eigenvalue weighted by molar-refractivity contribution is -0.149. The van der Waals surface area contributed by atoms with Crippen LogP contribution in [0.2, 0.25) is 5.02 Å². The minimum absolute atomic E-state index is 0.0227. The van der Waals surface area contributed by atoms with E-state index < -0.39 is 11.4 Å². The van der Waals surface area contributed by atoms with Crippen molar-refractivity contribution in [1.29, 1.82) is 0 Å². The van der Waals surface area contributed by atoms with Gasteiger partial charge < -0.3 is 9.80 Å². The van der Waals surface area contributed by atoms with Gasteiger partial charge in [-0.15, -0.1) is 16.2 Å². The molecule has 1 aliphatic rings. The molecule has 0 saturated carbocycles. The van der Waals surface area contributed by atoms with Crippen LogP contribution in [0, 0.1) is 4.91 Å². The third-order valence-electron chi connectivity index (χ3n) is 6.08. The summed E-state index contributed by atoms with van der Waals surface area (Å²) in [5, 5.41) is 5.66. The predicted octanol–water partition coefficient (Wildman–Crippen LogP) is 4.87. The molecule has 0 aliphatic carbocycles. The van der Waals surface area contributed by atoms with Gasteiger partial charge in [-0.3, -0.25) is 14.4 Å². The first kappa shape index (κ1) is 23.1. The second kappa shape index (κ2) is 9.41. The Bertz CT molecular complexity index is 1240. The van der Waals surface area contributed by atoms with Gasteiger partial charge in [0.1, 0.15) is 5.54 Å². The lowest BCUT2D eigenvalue weighted by atomic mass is 9.84. The number of likely N-dealkylation sites (tertiary alicyclic amines) is 1. The Balaban J connectivity index is 1.59. The first-order chi connectivity index (χ1) is 15.8. The fourth-order valence-electron chi connectivity index (χ4n) is 4.12. The largest absolute Gasteiger partial charge is 0.336 e. The average molecular weight is 484 g/mol. The van der Waals surface area contributed by atoms with E-state index in [1.165, 1.54) is 16.2 Å². The van der Waals surface area contributed by atoms with Crippen LogP contribution in [0.4, 0.5) is 0 Å². The summed E-state index contributed by atoms with van der Waals surface area (Å²) in [5.41, 5.74) is 0.319. The highest BCUT2D eigenvalue weighted by molar-refractivity contribution is 7.17. The molecule has 33 heavy (non-hydrogen) atoms. The molecular formula is C24H22ClN3O4S. The topological polar surface area (TPSA) is 87.1 Å². The minimum Gasteiger partial charge on any atom is -0.336 e. The van der Waals surface area contributed by atoms with Crippen molar-refractivity contribution in [3.63, 3.8) is 0 Å². The van der Waals surface area contributed by atoms with Crippen molar-refractivity contribution < 1.29 is 14.4 Å². The molecule has 0 N–H and O–H groups in total. The van der Waals surface area contributed by atoms with Gasteiger partial charge in [0.2, 0.25) is 5.91 Å². The minimum atomic E-state index is -1.05. The molecule has 0 spiro atoms. The fraction of sp³-hybridized carbons (Fsp3) is 0.292. The maximum absolute atomic E-state index is 13.7. The van der Waals surface area contributed by atoms with Crippen molar-refractivity contribution in [2.75, 3.05) is 13.1 Å². The van der Waals surface area contributed by atoms with E-state index in [0.717, 1.165) is 15.6 Å². The molecule has 1 unspecified atom stereocenters. The summed E-state index contributed by atoms with van der Waals surface area (Å²) in [6.07, 6.45) is 0.320. The Hall–Kier alpha value is -3.10. The van der Waals surface area contributed by atoms with E-state index in [-0.39, 0.29) is 31.3 Å². The number of carbonyl (C=O) groups excluding carboxylic acids is 3. The van der Waals surface area contributed by atoms with Gasteiger partial charge in [0, 0.05) is 51.7 Å². The molecule has 0 bridgehead atoms. The summed E-state index contributed by atoms with van der Waals surface area (Å²) in [7, 11) is 0. The van der Waals surface area contributed by atoms with Crippen LogP contribution in [0.15, 0.2) is 59.1 Å². The molecule has 9 heteroatoms. The number of benzene rings is 2. The Kier molecular flexibility index (Phi) is 6.58. The number of nitroso groups, excluding NO2 is 1. The normalized spacial score (nSPS) is 17.5. The summed E-state index contributed by atoms with van der Waals surface area (Å²) in [4.78, 5) is 52.2. The Morgan fingerprint density at radius 3 is 2.67 bits per heavy atom. The number of halogens is 1. The van der Waals surface area contributed by atoms with Crippen LogP contribution in [0.3, 0.4) is 0 Å². The van der Waals surface area contributed by atoms with Crippen molar-refractivity contribution in [3.05, 3.63) is 75.0 Å². The number of carbonyl (C=O) groups is 3. The molecule has 2 heterocycles. The van der Waals surface area contributed by atoms with Crippen LogP contribution in [-0.2, 0) is 16.1 Å². The molecule has 1 atom stereocenters. The first-order valence-electron chi connectivity index (χ1n) is 10.5. The number of hydrogen-bond acceptors (Lipinski definition) is 5.